The van der Waals surface area contributed by atoms with Gasteiger partial charge in [-0.1, -0.05) is 6.92 Å². The molecule has 3 unspecified atom stereocenters. The molecule has 1 saturated heterocycles. The van der Waals surface area contributed by atoms with E-state index in [4.69, 9.17) is 4.74 Å². The fraction of sp³-hybridized carbons (Fsp3) is 0.923. The number of nitrogens with zero attached hydrogens (tertiary/aromatic N) is 2. The molecule has 0 radical (unpaired) electrons. The highest BCUT2D eigenvalue weighted by Gasteiger charge is 2.25. The van der Waals surface area contributed by atoms with E-state index >= 15 is 0 Å². The van der Waals surface area contributed by atoms with Gasteiger partial charge in [0.25, 0.3) is 0 Å². The van der Waals surface area contributed by atoms with E-state index in [0.717, 1.165) is 26.2 Å². The summed E-state index contributed by atoms with van der Waals surface area (Å²) >= 11 is 0. The van der Waals surface area contributed by atoms with Crippen molar-refractivity contribution in [1.82, 2.24) is 15.1 Å². The molecule has 0 aromatic rings. The maximum absolute atomic E-state index is 11.4. The number of nitrogens with one attached hydrogen (secondary N) is 1. The third-order valence-electron chi connectivity index (χ3n) is 3.98. The Morgan fingerprint density at radius 1 is 1.39 bits per heavy atom. The van der Waals surface area contributed by atoms with Gasteiger partial charge in [0.2, 0.25) is 0 Å². The van der Waals surface area contributed by atoms with Gasteiger partial charge in [0.1, 0.15) is 0 Å². The largest absolute Gasteiger partial charge is 0.469 e. The molecule has 1 N–H and O–H groups in total. The zero-order valence-corrected chi connectivity index (χ0v) is 12.3. The fourth-order valence-electron chi connectivity index (χ4n) is 2.21. The van der Waals surface area contributed by atoms with Gasteiger partial charge in [0.15, 0.2) is 0 Å². The van der Waals surface area contributed by atoms with Gasteiger partial charge in [0, 0.05) is 38.3 Å². The second-order valence-electron chi connectivity index (χ2n) is 5.41. The number of rotatable bonds is 5. The molecule has 1 rings (SSSR count). The van der Waals surface area contributed by atoms with Gasteiger partial charge in [0.05, 0.1) is 13.0 Å². The molecule has 0 saturated carbocycles. The first kappa shape index (κ1) is 15.4. The highest BCUT2D eigenvalue weighted by molar-refractivity contribution is 5.72. The average molecular weight is 257 g/mol. The van der Waals surface area contributed by atoms with Crippen LogP contribution < -0.4 is 5.32 Å². The Morgan fingerprint density at radius 2 is 2.06 bits per heavy atom. The second kappa shape index (κ2) is 7.07. The maximum Gasteiger partial charge on any atom is 0.309 e. The first-order valence-corrected chi connectivity index (χ1v) is 6.65. The van der Waals surface area contributed by atoms with E-state index in [1.807, 2.05) is 13.8 Å². The van der Waals surface area contributed by atoms with E-state index in [9.17, 15) is 4.79 Å². The van der Waals surface area contributed by atoms with Crippen LogP contribution in [0.2, 0.25) is 0 Å². The Balaban J connectivity index is 2.37. The van der Waals surface area contributed by atoms with Crippen LogP contribution in [0.5, 0.6) is 0 Å². The number of piperazine rings is 1. The zero-order valence-electron chi connectivity index (χ0n) is 12.3. The summed E-state index contributed by atoms with van der Waals surface area (Å²) in [6, 6.07) is 0.647. The Hall–Kier alpha value is -0.650. The minimum atomic E-state index is -0.149. The number of carbonyl (C=O) groups is 1. The third kappa shape index (κ3) is 4.23. The molecule has 0 spiro atoms. The number of carbonyl (C=O) groups excluding carboxylic acids is 1. The predicted molar refractivity (Wildman–Crippen MR) is 72.6 cm³/mol. The lowest BCUT2D eigenvalue weighted by molar-refractivity contribution is -0.145. The first-order chi connectivity index (χ1) is 8.45. The normalized spacial score (nSPS) is 25.7. The molecule has 1 heterocycles. The highest BCUT2D eigenvalue weighted by atomic mass is 16.5. The summed E-state index contributed by atoms with van der Waals surface area (Å²) in [5.41, 5.74) is 0. The smallest absolute Gasteiger partial charge is 0.309 e. The van der Waals surface area contributed by atoms with Crippen molar-refractivity contribution in [2.45, 2.75) is 25.9 Å². The van der Waals surface area contributed by atoms with Gasteiger partial charge in [-0.2, -0.15) is 0 Å². The van der Waals surface area contributed by atoms with E-state index in [1.165, 1.54) is 7.11 Å². The van der Waals surface area contributed by atoms with Crippen LogP contribution in [0.3, 0.4) is 0 Å². The van der Waals surface area contributed by atoms with E-state index < -0.39 is 0 Å². The molecular formula is C13H27N3O2. The lowest BCUT2D eigenvalue weighted by Gasteiger charge is -2.38. The van der Waals surface area contributed by atoms with Gasteiger partial charge in [-0.15, -0.1) is 0 Å². The number of esters is 1. The van der Waals surface area contributed by atoms with Gasteiger partial charge in [-0.3, -0.25) is 9.69 Å². The van der Waals surface area contributed by atoms with Crippen LogP contribution in [0.1, 0.15) is 13.8 Å². The molecule has 0 bridgehead atoms. The predicted octanol–water partition coefficient (Wildman–Crippen LogP) is 0.0194. The van der Waals surface area contributed by atoms with Crippen molar-refractivity contribution in [3.8, 4) is 0 Å². The molecule has 0 aromatic carbocycles. The van der Waals surface area contributed by atoms with Gasteiger partial charge >= 0.3 is 5.97 Å². The molecule has 0 aromatic heterocycles. The van der Waals surface area contributed by atoms with Gasteiger partial charge in [-0.05, 0) is 21.0 Å². The van der Waals surface area contributed by atoms with E-state index in [2.05, 4.69) is 29.2 Å². The number of ether oxygens (including phenoxy) is 1. The van der Waals surface area contributed by atoms with Crippen molar-refractivity contribution in [3.63, 3.8) is 0 Å². The molecule has 0 aliphatic carbocycles. The summed E-state index contributed by atoms with van der Waals surface area (Å²) in [6.45, 7) is 8.14. The van der Waals surface area contributed by atoms with E-state index in [0.29, 0.717) is 6.04 Å². The quantitative estimate of drug-likeness (QED) is 0.704. The third-order valence-corrected chi connectivity index (χ3v) is 3.98. The van der Waals surface area contributed by atoms with Crippen molar-refractivity contribution in [2.75, 3.05) is 47.4 Å². The molecule has 1 aliphatic heterocycles. The van der Waals surface area contributed by atoms with Crippen molar-refractivity contribution in [2.24, 2.45) is 5.92 Å². The Bertz CT molecular complexity index is 273. The summed E-state index contributed by atoms with van der Waals surface area (Å²) in [5.74, 6) is -0.259. The van der Waals surface area contributed by atoms with Crippen LogP contribution in [-0.4, -0.2) is 75.2 Å². The number of likely N-dealkylation sites (N-methyl/N-ethyl adjacent to an activating group) is 2. The van der Waals surface area contributed by atoms with Crippen LogP contribution in [0, 0.1) is 5.92 Å². The number of hydrogen-bond donors (Lipinski definition) is 1. The average Bonchev–Trinajstić information content (AvgIpc) is 2.37. The summed E-state index contributed by atoms with van der Waals surface area (Å²) < 4.78 is 4.77. The van der Waals surface area contributed by atoms with Crippen LogP contribution in [0.25, 0.3) is 0 Å². The van der Waals surface area contributed by atoms with E-state index in [1.54, 1.807) is 0 Å². The molecule has 18 heavy (non-hydrogen) atoms. The van der Waals surface area contributed by atoms with E-state index in [-0.39, 0.29) is 17.9 Å². The minimum Gasteiger partial charge on any atom is -0.469 e. The Morgan fingerprint density at radius 3 is 2.67 bits per heavy atom. The van der Waals surface area contributed by atoms with Crippen molar-refractivity contribution >= 4 is 5.97 Å². The SMILES string of the molecule is COC(=O)C(C)C(C)NCC1CN(C)CCN1C. The fourth-order valence-corrected chi connectivity index (χ4v) is 2.21. The summed E-state index contributed by atoms with van der Waals surface area (Å²) in [4.78, 5) is 16.2. The van der Waals surface area contributed by atoms with Gasteiger partial charge in [-0.25, -0.2) is 0 Å². The maximum atomic E-state index is 11.4. The van der Waals surface area contributed by atoms with Crippen molar-refractivity contribution < 1.29 is 9.53 Å². The molecule has 1 fully saturated rings. The summed E-state index contributed by atoms with van der Waals surface area (Å²) in [7, 11) is 5.75. The number of hydrogen-bond acceptors (Lipinski definition) is 5. The summed E-state index contributed by atoms with van der Waals surface area (Å²) in [5, 5.41) is 3.45. The lowest BCUT2D eigenvalue weighted by Crippen LogP contribution is -2.55. The van der Waals surface area contributed by atoms with Crippen LogP contribution in [0.15, 0.2) is 0 Å². The Labute approximate surface area is 110 Å². The van der Waals surface area contributed by atoms with Crippen LogP contribution in [0.4, 0.5) is 0 Å². The minimum absolute atomic E-state index is 0.110. The second-order valence-corrected chi connectivity index (χ2v) is 5.41. The summed E-state index contributed by atoms with van der Waals surface area (Å²) in [6.07, 6.45) is 0. The standard InChI is InChI=1S/C13H27N3O2/c1-10(13(17)18-5)11(2)14-8-12-9-15(3)6-7-16(12)4/h10-12,14H,6-9H2,1-5H3. The monoisotopic (exact) mass is 257 g/mol. The van der Waals surface area contributed by atoms with Crippen molar-refractivity contribution in [1.29, 1.82) is 0 Å². The molecule has 5 nitrogen and oxygen atoms in total. The molecule has 1 aliphatic rings. The Kier molecular flexibility index (Phi) is 6.05. The molecule has 106 valence electrons. The van der Waals surface area contributed by atoms with Crippen molar-refractivity contribution in [3.05, 3.63) is 0 Å². The first-order valence-electron chi connectivity index (χ1n) is 6.65. The lowest BCUT2D eigenvalue weighted by atomic mass is 10.0. The van der Waals surface area contributed by atoms with Crippen LogP contribution >= 0.6 is 0 Å². The molecule has 3 atom stereocenters. The number of methoxy groups -OCH3 is 1. The van der Waals surface area contributed by atoms with Crippen LogP contribution in [-0.2, 0) is 9.53 Å². The zero-order chi connectivity index (χ0) is 13.7. The molecule has 5 heteroatoms. The molecule has 0 amide bonds. The topological polar surface area (TPSA) is 44.8 Å². The van der Waals surface area contributed by atoms with Gasteiger partial charge < -0.3 is 15.0 Å². The highest BCUT2D eigenvalue weighted by Crippen LogP contribution is 2.08. The molecular weight excluding hydrogens is 230 g/mol.